The van der Waals surface area contributed by atoms with Gasteiger partial charge in [0.05, 0.1) is 25.3 Å². The van der Waals surface area contributed by atoms with Gasteiger partial charge in [0.15, 0.2) is 16.6 Å². The fourth-order valence-corrected chi connectivity index (χ4v) is 4.00. The lowest BCUT2D eigenvalue weighted by molar-refractivity contribution is -0.113. The number of para-hydroxylation sites is 2. The van der Waals surface area contributed by atoms with Crippen molar-refractivity contribution in [3.8, 4) is 11.5 Å². The van der Waals surface area contributed by atoms with Crippen LogP contribution in [0.15, 0.2) is 53.7 Å². The van der Waals surface area contributed by atoms with Gasteiger partial charge >= 0.3 is 0 Å². The van der Waals surface area contributed by atoms with Gasteiger partial charge in [0.1, 0.15) is 0 Å². The molecule has 2 aromatic carbocycles. The Labute approximate surface area is 195 Å². The monoisotopic (exact) mass is 453 g/mol. The van der Waals surface area contributed by atoms with E-state index in [-0.39, 0.29) is 5.91 Å². The maximum atomic E-state index is 13.4. The molecule has 1 unspecified atom stereocenters. The molecular formula is C25H31N3O3S. The van der Waals surface area contributed by atoms with E-state index < -0.39 is 6.04 Å². The van der Waals surface area contributed by atoms with E-state index in [1.54, 1.807) is 7.11 Å². The van der Waals surface area contributed by atoms with Crippen LogP contribution in [0.3, 0.4) is 0 Å². The van der Waals surface area contributed by atoms with Crippen LogP contribution in [0.4, 0.5) is 5.69 Å². The molecule has 32 heavy (non-hydrogen) atoms. The molecule has 0 saturated carbocycles. The molecule has 1 heterocycles. The molecule has 0 spiro atoms. The van der Waals surface area contributed by atoms with E-state index in [9.17, 15) is 4.79 Å². The zero-order chi connectivity index (χ0) is 23.1. The number of hydrogen-bond donors (Lipinski definition) is 3. The Morgan fingerprint density at radius 1 is 1.12 bits per heavy atom. The highest BCUT2D eigenvalue weighted by atomic mass is 32.1. The second-order valence-corrected chi connectivity index (χ2v) is 8.18. The van der Waals surface area contributed by atoms with Gasteiger partial charge in [-0.3, -0.25) is 4.79 Å². The standard InChI is InChI=1S/C25H31N3O3S/c1-5-6-9-15-31-23-18(12-10-14-20(23)30-4)22-21(17(3)26-25(32)28-22)24(29)27-19-13-8-7-11-16(19)2/h7-8,10-14,22H,5-6,9,15H2,1-4H3,(H,27,29)(H2,26,28,32). The van der Waals surface area contributed by atoms with Gasteiger partial charge in [0, 0.05) is 16.9 Å². The second kappa shape index (κ2) is 11.0. The van der Waals surface area contributed by atoms with Crippen LogP contribution >= 0.6 is 12.2 Å². The van der Waals surface area contributed by atoms with Gasteiger partial charge < -0.3 is 25.4 Å². The minimum Gasteiger partial charge on any atom is -0.493 e. The highest BCUT2D eigenvalue weighted by Crippen LogP contribution is 2.39. The topological polar surface area (TPSA) is 71.6 Å². The third-order valence-corrected chi connectivity index (χ3v) is 5.66. The highest BCUT2D eigenvalue weighted by Gasteiger charge is 2.33. The maximum absolute atomic E-state index is 13.4. The van der Waals surface area contributed by atoms with Gasteiger partial charge in [0.25, 0.3) is 5.91 Å². The van der Waals surface area contributed by atoms with Crippen LogP contribution in [0.1, 0.15) is 50.3 Å². The summed E-state index contributed by atoms with van der Waals surface area (Å²) >= 11 is 5.42. The largest absolute Gasteiger partial charge is 0.493 e. The van der Waals surface area contributed by atoms with E-state index >= 15 is 0 Å². The van der Waals surface area contributed by atoms with Crippen molar-refractivity contribution >= 4 is 28.9 Å². The van der Waals surface area contributed by atoms with Gasteiger partial charge in [-0.05, 0) is 50.2 Å². The third-order valence-electron chi connectivity index (χ3n) is 5.44. The van der Waals surface area contributed by atoms with Crippen molar-refractivity contribution in [2.24, 2.45) is 0 Å². The van der Waals surface area contributed by atoms with E-state index in [1.807, 2.05) is 56.3 Å². The predicted molar refractivity (Wildman–Crippen MR) is 132 cm³/mol. The summed E-state index contributed by atoms with van der Waals surface area (Å²) in [6, 6.07) is 12.9. The van der Waals surface area contributed by atoms with E-state index in [2.05, 4.69) is 22.9 Å². The molecule has 2 aromatic rings. The van der Waals surface area contributed by atoms with Crippen molar-refractivity contribution in [3.63, 3.8) is 0 Å². The number of unbranched alkanes of at least 4 members (excludes halogenated alkanes) is 2. The lowest BCUT2D eigenvalue weighted by Crippen LogP contribution is -2.46. The number of anilines is 1. The minimum absolute atomic E-state index is 0.205. The number of hydrogen-bond acceptors (Lipinski definition) is 4. The molecule has 0 aliphatic carbocycles. The molecule has 7 heteroatoms. The Kier molecular flexibility index (Phi) is 8.11. The number of methoxy groups -OCH3 is 1. The first kappa shape index (κ1) is 23.6. The smallest absolute Gasteiger partial charge is 0.255 e. The number of allylic oxidation sites excluding steroid dienone is 1. The van der Waals surface area contributed by atoms with Crippen LogP contribution in [0.5, 0.6) is 11.5 Å². The summed E-state index contributed by atoms with van der Waals surface area (Å²) in [7, 11) is 1.62. The average molecular weight is 454 g/mol. The first-order chi connectivity index (χ1) is 15.5. The quantitative estimate of drug-likeness (QED) is 0.366. The minimum atomic E-state index is -0.482. The summed E-state index contributed by atoms with van der Waals surface area (Å²) in [5.74, 6) is 1.05. The summed E-state index contributed by atoms with van der Waals surface area (Å²) in [5.41, 5.74) is 3.81. The SMILES string of the molecule is CCCCCOc1c(OC)cccc1C1NC(=S)NC(C)=C1C(=O)Nc1ccccc1C. The lowest BCUT2D eigenvalue weighted by Gasteiger charge is -2.31. The molecule has 0 radical (unpaired) electrons. The van der Waals surface area contributed by atoms with Crippen LogP contribution in [0.25, 0.3) is 0 Å². The second-order valence-electron chi connectivity index (χ2n) is 7.77. The first-order valence-electron chi connectivity index (χ1n) is 10.9. The number of thiocarbonyl (C=S) groups is 1. The molecule has 0 bridgehead atoms. The van der Waals surface area contributed by atoms with Crippen molar-refractivity contribution in [1.29, 1.82) is 0 Å². The number of nitrogens with one attached hydrogen (secondary N) is 3. The zero-order valence-electron chi connectivity index (χ0n) is 19.1. The molecule has 0 aromatic heterocycles. The van der Waals surface area contributed by atoms with Gasteiger partial charge in [-0.25, -0.2) is 0 Å². The Balaban J connectivity index is 1.99. The van der Waals surface area contributed by atoms with Crippen molar-refractivity contribution in [3.05, 3.63) is 64.9 Å². The molecule has 1 aliphatic heterocycles. The number of carbonyl (C=O) groups is 1. The Morgan fingerprint density at radius 2 is 1.91 bits per heavy atom. The molecule has 0 fully saturated rings. The van der Waals surface area contributed by atoms with Crippen molar-refractivity contribution < 1.29 is 14.3 Å². The number of ether oxygens (including phenoxy) is 2. The van der Waals surface area contributed by atoms with Crippen LogP contribution in [0, 0.1) is 6.92 Å². The summed E-state index contributed by atoms with van der Waals surface area (Å²) < 4.78 is 11.7. The normalized spacial score (nSPS) is 15.6. The van der Waals surface area contributed by atoms with Crippen molar-refractivity contribution in [2.45, 2.75) is 46.1 Å². The molecule has 6 nitrogen and oxygen atoms in total. The number of amides is 1. The maximum Gasteiger partial charge on any atom is 0.255 e. The fraction of sp³-hybridized carbons (Fsp3) is 0.360. The molecule has 3 N–H and O–H groups in total. The average Bonchev–Trinajstić information content (AvgIpc) is 2.77. The van der Waals surface area contributed by atoms with Crippen LogP contribution in [-0.4, -0.2) is 24.7 Å². The first-order valence-corrected chi connectivity index (χ1v) is 11.3. The molecular weight excluding hydrogens is 422 g/mol. The van der Waals surface area contributed by atoms with Crippen LogP contribution in [-0.2, 0) is 4.79 Å². The number of benzene rings is 2. The van der Waals surface area contributed by atoms with Crippen LogP contribution in [0.2, 0.25) is 0 Å². The van der Waals surface area contributed by atoms with Crippen LogP contribution < -0.4 is 25.4 Å². The fourth-order valence-electron chi connectivity index (χ4n) is 3.73. The van der Waals surface area contributed by atoms with Crippen molar-refractivity contribution in [1.82, 2.24) is 10.6 Å². The van der Waals surface area contributed by atoms with Gasteiger partial charge in [-0.1, -0.05) is 50.1 Å². The highest BCUT2D eigenvalue weighted by molar-refractivity contribution is 7.80. The Morgan fingerprint density at radius 3 is 2.62 bits per heavy atom. The molecule has 170 valence electrons. The summed E-state index contributed by atoms with van der Waals surface area (Å²) in [5, 5.41) is 9.84. The van der Waals surface area contributed by atoms with Gasteiger partial charge in [0.2, 0.25) is 0 Å². The van der Waals surface area contributed by atoms with E-state index in [4.69, 9.17) is 21.7 Å². The summed E-state index contributed by atoms with van der Waals surface area (Å²) in [6.45, 7) is 6.55. The third kappa shape index (κ3) is 5.40. The van der Waals surface area contributed by atoms with E-state index in [1.165, 1.54) is 0 Å². The van der Waals surface area contributed by atoms with Gasteiger partial charge in [-0.15, -0.1) is 0 Å². The molecule has 1 amide bonds. The molecule has 1 aliphatic rings. The summed E-state index contributed by atoms with van der Waals surface area (Å²) in [6.07, 6.45) is 3.14. The number of aryl methyl sites for hydroxylation is 1. The zero-order valence-corrected chi connectivity index (χ0v) is 19.9. The van der Waals surface area contributed by atoms with E-state index in [0.717, 1.165) is 36.1 Å². The summed E-state index contributed by atoms with van der Waals surface area (Å²) in [4.78, 5) is 13.4. The number of rotatable bonds is 9. The van der Waals surface area contributed by atoms with Gasteiger partial charge in [-0.2, -0.15) is 0 Å². The van der Waals surface area contributed by atoms with E-state index in [0.29, 0.717) is 34.5 Å². The molecule has 0 saturated heterocycles. The Bertz CT molecular complexity index is 1020. The lowest BCUT2D eigenvalue weighted by atomic mass is 9.93. The number of carbonyl (C=O) groups excluding carboxylic acids is 1. The predicted octanol–water partition coefficient (Wildman–Crippen LogP) is 5.00. The molecule has 1 atom stereocenters. The van der Waals surface area contributed by atoms with Crippen molar-refractivity contribution in [2.75, 3.05) is 19.0 Å². The Hall–Kier alpha value is -3.06. The molecule has 3 rings (SSSR count).